The van der Waals surface area contributed by atoms with Gasteiger partial charge in [-0.15, -0.1) is 11.6 Å². The third-order valence-electron chi connectivity index (χ3n) is 2.11. The predicted molar refractivity (Wildman–Crippen MR) is 66.8 cm³/mol. The molecule has 1 aromatic rings. The van der Waals surface area contributed by atoms with E-state index in [1.54, 1.807) is 25.1 Å². The molecule has 92 valence electrons. The van der Waals surface area contributed by atoms with Gasteiger partial charge in [-0.2, -0.15) is 0 Å². The Labute approximate surface area is 110 Å². The number of carbonyl (C=O) groups is 2. The van der Waals surface area contributed by atoms with Crippen molar-refractivity contribution in [3.8, 4) is 0 Å². The first-order valence-electron chi connectivity index (χ1n) is 5.12. The second-order valence-electron chi connectivity index (χ2n) is 3.35. The van der Waals surface area contributed by atoms with Crippen LogP contribution in [0.4, 0.5) is 0 Å². The molecule has 0 saturated heterocycles. The van der Waals surface area contributed by atoms with Gasteiger partial charge in [-0.1, -0.05) is 23.7 Å². The summed E-state index contributed by atoms with van der Waals surface area (Å²) in [5.41, 5.74) is 0.858. The van der Waals surface area contributed by atoms with Crippen LogP contribution in [0.1, 0.15) is 22.8 Å². The summed E-state index contributed by atoms with van der Waals surface area (Å²) < 4.78 is 4.86. The topological polar surface area (TPSA) is 43.4 Å². The second kappa shape index (κ2) is 6.62. The molecule has 0 aliphatic carbocycles. The average Bonchev–Trinajstić information content (AvgIpc) is 2.32. The number of Topliss-reactive ketones (excluding diaryl/α,β-unsaturated/α-hetero) is 1. The van der Waals surface area contributed by atoms with Crippen molar-refractivity contribution < 1.29 is 14.3 Å². The van der Waals surface area contributed by atoms with Gasteiger partial charge in [0.05, 0.1) is 23.1 Å². The highest BCUT2D eigenvalue weighted by molar-refractivity contribution is 6.34. The summed E-state index contributed by atoms with van der Waals surface area (Å²) in [7, 11) is 0. The highest BCUT2D eigenvalue weighted by Crippen LogP contribution is 2.22. The number of halogens is 2. The van der Waals surface area contributed by atoms with E-state index in [-0.39, 0.29) is 35.3 Å². The number of hydrogen-bond acceptors (Lipinski definition) is 3. The first-order chi connectivity index (χ1) is 8.10. The van der Waals surface area contributed by atoms with Crippen LogP contribution in [0.2, 0.25) is 5.02 Å². The van der Waals surface area contributed by atoms with Gasteiger partial charge < -0.3 is 4.74 Å². The standard InChI is InChI=1S/C12H12Cl2O3/c1-2-17-12(16)10-5-3-4-8(11(10)14)6-9(15)7-13/h3-5H,2,6-7H2,1H3. The largest absolute Gasteiger partial charge is 0.462 e. The lowest BCUT2D eigenvalue weighted by molar-refractivity contribution is -0.116. The van der Waals surface area contributed by atoms with Gasteiger partial charge in [0.2, 0.25) is 0 Å². The van der Waals surface area contributed by atoms with Crippen LogP contribution in [-0.4, -0.2) is 24.2 Å². The SMILES string of the molecule is CCOC(=O)c1cccc(CC(=O)CCl)c1Cl. The fraction of sp³-hybridized carbons (Fsp3) is 0.333. The van der Waals surface area contributed by atoms with Crippen LogP contribution in [0.15, 0.2) is 18.2 Å². The fourth-order valence-electron chi connectivity index (χ4n) is 1.34. The molecule has 0 spiro atoms. The lowest BCUT2D eigenvalue weighted by Gasteiger charge is -2.07. The van der Waals surface area contributed by atoms with E-state index in [1.165, 1.54) is 0 Å². The molecule has 0 amide bonds. The minimum atomic E-state index is -0.488. The normalized spacial score (nSPS) is 10.1. The van der Waals surface area contributed by atoms with Crippen molar-refractivity contribution in [2.75, 3.05) is 12.5 Å². The van der Waals surface area contributed by atoms with Gasteiger partial charge in [0.15, 0.2) is 5.78 Å². The number of carbonyl (C=O) groups excluding carboxylic acids is 2. The van der Waals surface area contributed by atoms with Gasteiger partial charge in [-0.05, 0) is 18.6 Å². The van der Waals surface area contributed by atoms with Gasteiger partial charge in [-0.3, -0.25) is 4.79 Å². The molecule has 5 heteroatoms. The second-order valence-corrected chi connectivity index (χ2v) is 3.99. The van der Waals surface area contributed by atoms with Gasteiger partial charge in [-0.25, -0.2) is 4.79 Å². The van der Waals surface area contributed by atoms with E-state index in [2.05, 4.69) is 0 Å². The molecule has 0 heterocycles. The molecule has 0 saturated carbocycles. The van der Waals surface area contributed by atoms with Crippen LogP contribution >= 0.6 is 23.2 Å². The van der Waals surface area contributed by atoms with E-state index in [0.717, 1.165) is 0 Å². The maximum Gasteiger partial charge on any atom is 0.339 e. The minimum Gasteiger partial charge on any atom is -0.462 e. The zero-order chi connectivity index (χ0) is 12.8. The maximum atomic E-state index is 11.6. The molecule has 0 fully saturated rings. The van der Waals surface area contributed by atoms with E-state index in [1.807, 2.05) is 0 Å². The summed E-state index contributed by atoms with van der Waals surface area (Å²) in [4.78, 5) is 22.8. The monoisotopic (exact) mass is 274 g/mol. The van der Waals surface area contributed by atoms with Crippen molar-refractivity contribution in [1.82, 2.24) is 0 Å². The number of ketones is 1. The summed E-state index contributed by atoms with van der Waals surface area (Å²) in [5, 5.41) is 0.254. The Bertz CT molecular complexity index is 430. The van der Waals surface area contributed by atoms with Crippen molar-refractivity contribution >= 4 is 35.0 Å². The van der Waals surface area contributed by atoms with E-state index < -0.39 is 5.97 Å². The fourth-order valence-corrected chi connectivity index (χ4v) is 1.71. The van der Waals surface area contributed by atoms with Crippen LogP contribution in [-0.2, 0) is 16.0 Å². The molecule has 0 bridgehead atoms. The quantitative estimate of drug-likeness (QED) is 0.613. The van der Waals surface area contributed by atoms with E-state index in [0.29, 0.717) is 5.56 Å². The Hall–Kier alpha value is -1.06. The summed E-state index contributed by atoms with van der Waals surface area (Å²) in [5.74, 6) is -0.702. The lowest BCUT2D eigenvalue weighted by atomic mass is 10.1. The Kier molecular flexibility index (Phi) is 5.45. The van der Waals surface area contributed by atoms with E-state index >= 15 is 0 Å². The molecule has 17 heavy (non-hydrogen) atoms. The number of rotatable bonds is 5. The average molecular weight is 275 g/mol. The molecule has 0 aliphatic rings. The molecule has 1 aromatic carbocycles. The maximum absolute atomic E-state index is 11.6. The Balaban J connectivity index is 2.98. The van der Waals surface area contributed by atoms with Gasteiger partial charge in [0.25, 0.3) is 0 Å². The molecule has 3 nitrogen and oxygen atoms in total. The summed E-state index contributed by atoms with van der Waals surface area (Å²) in [6.07, 6.45) is 0.121. The van der Waals surface area contributed by atoms with E-state index in [4.69, 9.17) is 27.9 Å². The van der Waals surface area contributed by atoms with Gasteiger partial charge in [0.1, 0.15) is 0 Å². The van der Waals surface area contributed by atoms with Crippen molar-refractivity contribution in [2.45, 2.75) is 13.3 Å². The molecule has 0 radical (unpaired) electrons. The summed E-state index contributed by atoms with van der Waals surface area (Å²) in [6.45, 7) is 1.99. The Morgan fingerprint density at radius 3 is 2.65 bits per heavy atom. The number of benzene rings is 1. The van der Waals surface area contributed by atoms with Gasteiger partial charge in [0, 0.05) is 6.42 Å². The highest BCUT2D eigenvalue weighted by Gasteiger charge is 2.15. The van der Waals surface area contributed by atoms with Crippen molar-refractivity contribution in [2.24, 2.45) is 0 Å². The molecule has 0 atom stereocenters. The zero-order valence-corrected chi connectivity index (χ0v) is 10.8. The Morgan fingerprint density at radius 2 is 2.06 bits per heavy atom. The Morgan fingerprint density at radius 1 is 1.35 bits per heavy atom. The lowest BCUT2D eigenvalue weighted by Crippen LogP contribution is -2.09. The summed E-state index contributed by atoms with van der Waals surface area (Å²) in [6, 6.07) is 4.92. The number of ether oxygens (including phenoxy) is 1. The molecule has 0 N–H and O–H groups in total. The van der Waals surface area contributed by atoms with Crippen LogP contribution in [0.25, 0.3) is 0 Å². The number of alkyl halides is 1. The van der Waals surface area contributed by atoms with Gasteiger partial charge >= 0.3 is 5.97 Å². The molecular weight excluding hydrogens is 263 g/mol. The third-order valence-corrected chi connectivity index (χ3v) is 2.86. The minimum absolute atomic E-state index is 0.0695. The van der Waals surface area contributed by atoms with Crippen LogP contribution in [0.3, 0.4) is 0 Å². The molecule has 0 aliphatic heterocycles. The van der Waals surface area contributed by atoms with Crippen LogP contribution < -0.4 is 0 Å². The predicted octanol–water partition coefficient (Wildman–Crippen LogP) is 2.87. The van der Waals surface area contributed by atoms with Crippen LogP contribution in [0, 0.1) is 0 Å². The smallest absolute Gasteiger partial charge is 0.339 e. The van der Waals surface area contributed by atoms with Crippen molar-refractivity contribution in [3.05, 3.63) is 34.3 Å². The number of esters is 1. The molecular formula is C12H12Cl2O3. The first-order valence-corrected chi connectivity index (χ1v) is 6.03. The molecule has 0 unspecified atom stereocenters. The third kappa shape index (κ3) is 3.72. The molecule has 0 aromatic heterocycles. The van der Waals surface area contributed by atoms with Crippen molar-refractivity contribution in [1.29, 1.82) is 0 Å². The molecule has 1 rings (SSSR count). The highest BCUT2D eigenvalue weighted by atomic mass is 35.5. The van der Waals surface area contributed by atoms with Crippen molar-refractivity contribution in [3.63, 3.8) is 0 Å². The summed E-state index contributed by atoms with van der Waals surface area (Å²) >= 11 is 11.5. The van der Waals surface area contributed by atoms with E-state index in [9.17, 15) is 9.59 Å². The number of hydrogen-bond donors (Lipinski definition) is 0. The van der Waals surface area contributed by atoms with Crippen LogP contribution in [0.5, 0.6) is 0 Å². The zero-order valence-electron chi connectivity index (χ0n) is 9.33. The first kappa shape index (κ1) is 14.0.